The molecule has 2 rings (SSSR count). The van der Waals surface area contributed by atoms with Crippen LogP contribution in [0.15, 0.2) is 48.5 Å². The monoisotopic (exact) mass is 373 g/mol. The first-order valence-electron chi connectivity index (χ1n) is 6.96. The van der Waals surface area contributed by atoms with Crippen molar-refractivity contribution in [2.24, 2.45) is 0 Å². The Morgan fingerprint density at radius 3 is 2.24 bits per heavy atom. The van der Waals surface area contributed by atoms with Crippen molar-refractivity contribution in [2.75, 3.05) is 6.26 Å². The second kappa shape index (κ2) is 7.14. The number of nitrogens with one attached hydrogen (secondary N) is 1. The highest BCUT2D eigenvalue weighted by Crippen LogP contribution is 2.32. The molecule has 2 aromatic rings. The molecular weight excluding hydrogens is 359 g/mol. The van der Waals surface area contributed by atoms with Crippen molar-refractivity contribution in [3.63, 3.8) is 0 Å². The summed E-state index contributed by atoms with van der Waals surface area (Å²) >= 11 is 0. The molecule has 9 heteroatoms. The Bertz CT molecular complexity index is 862. The summed E-state index contributed by atoms with van der Waals surface area (Å²) in [6, 6.07) is 10.4. The second-order valence-electron chi connectivity index (χ2n) is 5.17. The predicted octanol–water partition coefficient (Wildman–Crippen LogP) is 2.97. The zero-order chi connectivity index (χ0) is 18.7. The summed E-state index contributed by atoms with van der Waals surface area (Å²) in [4.78, 5) is 11.6. The standard InChI is InChI=1S/C16H14F3NO4S/c1-25(22,23)20-15(21)11-6-8-13(9-7-11)24-10-12-4-2-3-5-14(12)16(17,18)19/h2-9H,10H2,1H3,(H,20,21). The molecule has 0 atom stereocenters. The second-order valence-corrected chi connectivity index (χ2v) is 6.92. The lowest BCUT2D eigenvalue weighted by Crippen LogP contribution is -2.29. The van der Waals surface area contributed by atoms with Crippen LogP contribution in [0.5, 0.6) is 5.75 Å². The van der Waals surface area contributed by atoms with Crippen LogP contribution in [0.2, 0.25) is 0 Å². The van der Waals surface area contributed by atoms with Gasteiger partial charge in [0.2, 0.25) is 10.0 Å². The summed E-state index contributed by atoms with van der Waals surface area (Å²) in [6.07, 6.45) is -3.63. The van der Waals surface area contributed by atoms with E-state index in [9.17, 15) is 26.4 Å². The highest BCUT2D eigenvalue weighted by Gasteiger charge is 2.32. The van der Waals surface area contributed by atoms with Crippen molar-refractivity contribution >= 4 is 15.9 Å². The first-order valence-corrected chi connectivity index (χ1v) is 8.85. The molecule has 0 fully saturated rings. The van der Waals surface area contributed by atoms with Crippen LogP contribution in [0.25, 0.3) is 0 Å². The number of hydrogen-bond donors (Lipinski definition) is 1. The number of ether oxygens (including phenoxy) is 1. The quantitative estimate of drug-likeness (QED) is 0.875. The van der Waals surface area contributed by atoms with Crippen LogP contribution in [0, 0.1) is 0 Å². The van der Waals surface area contributed by atoms with Gasteiger partial charge >= 0.3 is 6.18 Å². The Morgan fingerprint density at radius 2 is 1.68 bits per heavy atom. The van der Waals surface area contributed by atoms with E-state index in [-0.39, 0.29) is 23.5 Å². The van der Waals surface area contributed by atoms with Crippen LogP contribution in [0.3, 0.4) is 0 Å². The molecule has 0 saturated carbocycles. The molecule has 5 nitrogen and oxygen atoms in total. The van der Waals surface area contributed by atoms with E-state index in [0.29, 0.717) is 0 Å². The normalized spacial score (nSPS) is 11.8. The van der Waals surface area contributed by atoms with Gasteiger partial charge < -0.3 is 4.74 Å². The van der Waals surface area contributed by atoms with Crippen molar-refractivity contribution in [2.45, 2.75) is 12.8 Å². The molecule has 0 aliphatic heterocycles. The van der Waals surface area contributed by atoms with E-state index >= 15 is 0 Å². The van der Waals surface area contributed by atoms with Crippen molar-refractivity contribution < 1.29 is 31.1 Å². The lowest BCUT2D eigenvalue weighted by atomic mass is 10.1. The number of alkyl halides is 3. The van der Waals surface area contributed by atoms with Gasteiger partial charge in [0.1, 0.15) is 12.4 Å². The maximum atomic E-state index is 12.9. The zero-order valence-corrected chi connectivity index (χ0v) is 13.8. The van der Waals surface area contributed by atoms with Gasteiger partial charge in [-0.05, 0) is 30.3 Å². The van der Waals surface area contributed by atoms with E-state index in [4.69, 9.17) is 4.74 Å². The summed E-state index contributed by atoms with van der Waals surface area (Å²) in [7, 11) is -3.68. The van der Waals surface area contributed by atoms with Gasteiger partial charge in [0, 0.05) is 11.1 Å². The van der Waals surface area contributed by atoms with E-state index in [1.165, 1.54) is 42.5 Å². The fourth-order valence-electron chi connectivity index (χ4n) is 2.01. The molecule has 0 bridgehead atoms. The summed E-state index contributed by atoms with van der Waals surface area (Å²) in [5, 5.41) is 0. The number of hydrogen-bond acceptors (Lipinski definition) is 4. The molecular formula is C16H14F3NO4S. The summed E-state index contributed by atoms with van der Waals surface area (Å²) < 4.78 is 67.8. The lowest BCUT2D eigenvalue weighted by Gasteiger charge is -2.13. The van der Waals surface area contributed by atoms with E-state index in [1.807, 2.05) is 0 Å². The number of benzene rings is 2. The Balaban J connectivity index is 2.07. The van der Waals surface area contributed by atoms with Gasteiger partial charge in [-0.3, -0.25) is 4.79 Å². The highest BCUT2D eigenvalue weighted by atomic mass is 32.2. The minimum atomic E-state index is -4.48. The molecule has 1 amide bonds. The highest BCUT2D eigenvalue weighted by molar-refractivity contribution is 7.89. The van der Waals surface area contributed by atoms with Crippen molar-refractivity contribution in [1.29, 1.82) is 0 Å². The molecule has 25 heavy (non-hydrogen) atoms. The average Bonchev–Trinajstić information content (AvgIpc) is 2.51. The lowest BCUT2D eigenvalue weighted by molar-refractivity contribution is -0.138. The first kappa shape index (κ1) is 18.8. The maximum Gasteiger partial charge on any atom is 0.416 e. The van der Waals surface area contributed by atoms with Gasteiger partial charge in [-0.1, -0.05) is 18.2 Å². The summed E-state index contributed by atoms with van der Waals surface area (Å²) in [5.41, 5.74) is -0.721. The van der Waals surface area contributed by atoms with Crippen LogP contribution < -0.4 is 9.46 Å². The topological polar surface area (TPSA) is 72.5 Å². The van der Waals surface area contributed by atoms with Crippen molar-refractivity contribution in [3.05, 3.63) is 65.2 Å². The fourth-order valence-corrected chi connectivity index (χ4v) is 2.47. The van der Waals surface area contributed by atoms with E-state index < -0.39 is 27.7 Å². The smallest absolute Gasteiger partial charge is 0.416 e. The van der Waals surface area contributed by atoms with E-state index in [1.54, 1.807) is 4.72 Å². The van der Waals surface area contributed by atoms with Crippen molar-refractivity contribution in [1.82, 2.24) is 4.72 Å². The molecule has 0 aliphatic carbocycles. The van der Waals surface area contributed by atoms with E-state index in [2.05, 4.69) is 0 Å². The van der Waals surface area contributed by atoms with Gasteiger partial charge in [0.05, 0.1) is 11.8 Å². The van der Waals surface area contributed by atoms with Gasteiger partial charge in [-0.2, -0.15) is 13.2 Å². The average molecular weight is 373 g/mol. The molecule has 0 heterocycles. The molecule has 0 radical (unpaired) electrons. The molecule has 0 aliphatic rings. The number of carbonyl (C=O) groups excluding carboxylic acids is 1. The Kier molecular flexibility index (Phi) is 5.36. The Labute approximate surface area is 142 Å². The third kappa shape index (κ3) is 5.49. The molecule has 134 valence electrons. The van der Waals surface area contributed by atoms with Crippen LogP contribution in [0.1, 0.15) is 21.5 Å². The molecule has 1 N–H and O–H groups in total. The van der Waals surface area contributed by atoms with Gasteiger partial charge in [0.15, 0.2) is 0 Å². The number of amides is 1. The minimum Gasteiger partial charge on any atom is -0.489 e. The van der Waals surface area contributed by atoms with Crippen LogP contribution >= 0.6 is 0 Å². The fraction of sp³-hybridized carbons (Fsp3) is 0.188. The Hall–Kier alpha value is -2.55. The maximum absolute atomic E-state index is 12.9. The molecule has 0 saturated heterocycles. The van der Waals surface area contributed by atoms with Gasteiger partial charge in [0.25, 0.3) is 5.91 Å². The zero-order valence-electron chi connectivity index (χ0n) is 13.0. The third-order valence-corrected chi connectivity index (χ3v) is 3.67. The third-order valence-electron chi connectivity index (χ3n) is 3.11. The van der Waals surface area contributed by atoms with Crippen LogP contribution in [-0.4, -0.2) is 20.6 Å². The molecule has 0 aromatic heterocycles. The largest absolute Gasteiger partial charge is 0.489 e. The van der Waals surface area contributed by atoms with Gasteiger partial charge in [-0.15, -0.1) is 0 Å². The van der Waals surface area contributed by atoms with E-state index in [0.717, 1.165) is 12.3 Å². The number of carbonyl (C=O) groups is 1. The summed E-state index contributed by atoms with van der Waals surface area (Å²) in [5.74, 6) is -0.565. The minimum absolute atomic E-state index is 0.0195. The summed E-state index contributed by atoms with van der Waals surface area (Å²) in [6.45, 7) is -0.301. The van der Waals surface area contributed by atoms with Crippen LogP contribution in [0.4, 0.5) is 13.2 Å². The number of sulfonamides is 1. The molecule has 0 spiro atoms. The van der Waals surface area contributed by atoms with Crippen LogP contribution in [-0.2, 0) is 22.8 Å². The number of rotatable bonds is 5. The number of halogens is 3. The van der Waals surface area contributed by atoms with Gasteiger partial charge in [-0.25, -0.2) is 13.1 Å². The van der Waals surface area contributed by atoms with Crippen molar-refractivity contribution in [3.8, 4) is 5.75 Å². The first-order chi connectivity index (χ1) is 11.6. The SMILES string of the molecule is CS(=O)(=O)NC(=O)c1ccc(OCc2ccccc2C(F)(F)F)cc1. The predicted molar refractivity (Wildman–Crippen MR) is 84.5 cm³/mol. The molecule has 2 aromatic carbocycles. The Morgan fingerprint density at radius 1 is 1.08 bits per heavy atom. The molecule has 0 unspecified atom stereocenters.